The van der Waals surface area contributed by atoms with Crippen LogP contribution in [0.2, 0.25) is 0 Å². The summed E-state index contributed by atoms with van der Waals surface area (Å²) in [5.41, 5.74) is 3.68. The number of aromatic nitrogens is 1. The van der Waals surface area contributed by atoms with Gasteiger partial charge in [-0.05, 0) is 26.0 Å². The van der Waals surface area contributed by atoms with Gasteiger partial charge in [-0.25, -0.2) is 0 Å². The van der Waals surface area contributed by atoms with Gasteiger partial charge in [-0.15, -0.1) is 0 Å². The van der Waals surface area contributed by atoms with Crippen LogP contribution in [0.3, 0.4) is 0 Å². The molecule has 100 valence electrons. The number of nitrogens with one attached hydrogen (secondary N) is 1. The first-order valence-corrected chi connectivity index (χ1v) is 6.80. The summed E-state index contributed by atoms with van der Waals surface area (Å²) >= 11 is 0. The number of morpholine rings is 1. The van der Waals surface area contributed by atoms with E-state index in [4.69, 9.17) is 4.74 Å². The maximum absolute atomic E-state index is 5.42. The second-order valence-electron chi connectivity index (χ2n) is 4.73. The van der Waals surface area contributed by atoms with E-state index in [2.05, 4.69) is 28.2 Å². The van der Waals surface area contributed by atoms with E-state index in [-0.39, 0.29) is 0 Å². The molecular weight excluding hydrogens is 226 g/mol. The van der Waals surface area contributed by atoms with Crippen molar-refractivity contribution in [3.05, 3.63) is 23.5 Å². The standard InChI is InChI=1S/C14H23N3O/c1-3-4-15-10-13-11-16-12(2)9-14(13)17-5-7-18-8-6-17/h9,11,15H,3-8,10H2,1-2H3. The maximum Gasteiger partial charge on any atom is 0.0642 e. The van der Waals surface area contributed by atoms with E-state index in [0.717, 1.165) is 51.5 Å². The molecule has 1 aromatic heterocycles. The molecule has 0 radical (unpaired) electrons. The highest BCUT2D eigenvalue weighted by molar-refractivity contribution is 5.53. The first-order valence-electron chi connectivity index (χ1n) is 6.80. The van der Waals surface area contributed by atoms with Gasteiger partial charge in [0.25, 0.3) is 0 Å². The molecule has 4 nitrogen and oxygen atoms in total. The van der Waals surface area contributed by atoms with Crippen LogP contribution in [0.4, 0.5) is 5.69 Å². The Labute approximate surface area is 109 Å². The van der Waals surface area contributed by atoms with Crippen LogP contribution in [0.15, 0.2) is 12.3 Å². The van der Waals surface area contributed by atoms with Crippen molar-refractivity contribution in [3.63, 3.8) is 0 Å². The number of ether oxygens (including phenoxy) is 1. The van der Waals surface area contributed by atoms with E-state index in [9.17, 15) is 0 Å². The summed E-state index contributed by atoms with van der Waals surface area (Å²) < 4.78 is 5.42. The highest BCUT2D eigenvalue weighted by Gasteiger charge is 2.15. The van der Waals surface area contributed by atoms with Gasteiger partial charge in [-0.1, -0.05) is 6.92 Å². The van der Waals surface area contributed by atoms with Crippen LogP contribution < -0.4 is 10.2 Å². The third-order valence-electron chi connectivity index (χ3n) is 3.19. The molecule has 0 atom stereocenters. The Morgan fingerprint density at radius 3 is 2.89 bits per heavy atom. The van der Waals surface area contributed by atoms with Crippen molar-refractivity contribution in [1.29, 1.82) is 0 Å². The van der Waals surface area contributed by atoms with Gasteiger partial charge in [0.05, 0.1) is 13.2 Å². The Balaban J connectivity index is 2.11. The minimum absolute atomic E-state index is 0.823. The summed E-state index contributed by atoms with van der Waals surface area (Å²) in [7, 11) is 0. The highest BCUT2D eigenvalue weighted by atomic mass is 16.5. The Morgan fingerprint density at radius 2 is 2.17 bits per heavy atom. The van der Waals surface area contributed by atoms with Crippen LogP contribution in [-0.2, 0) is 11.3 Å². The molecule has 2 rings (SSSR count). The zero-order chi connectivity index (χ0) is 12.8. The van der Waals surface area contributed by atoms with Crippen LogP contribution in [0.1, 0.15) is 24.6 Å². The van der Waals surface area contributed by atoms with Gasteiger partial charge in [-0.3, -0.25) is 4.98 Å². The molecule has 1 N–H and O–H groups in total. The largest absolute Gasteiger partial charge is 0.378 e. The normalized spacial score (nSPS) is 16.0. The van der Waals surface area contributed by atoms with Crippen molar-refractivity contribution >= 4 is 5.69 Å². The number of hydrogen-bond donors (Lipinski definition) is 1. The van der Waals surface area contributed by atoms with Crippen LogP contribution in [0.25, 0.3) is 0 Å². The Bertz CT molecular complexity index is 375. The van der Waals surface area contributed by atoms with Crippen molar-refractivity contribution in [2.45, 2.75) is 26.8 Å². The molecule has 4 heteroatoms. The molecular formula is C14H23N3O. The third-order valence-corrected chi connectivity index (χ3v) is 3.19. The van der Waals surface area contributed by atoms with E-state index < -0.39 is 0 Å². The van der Waals surface area contributed by atoms with E-state index in [1.54, 1.807) is 0 Å². The van der Waals surface area contributed by atoms with Crippen molar-refractivity contribution in [1.82, 2.24) is 10.3 Å². The predicted molar refractivity (Wildman–Crippen MR) is 74.0 cm³/mol. The third kappa shape index (κ3) is 3.43. The van der Waals surface area contributed by atoms with Gasteiger partial charge >= 0.3 is 0 Å². The van der Waals surface area contributed by atoms with Crippen LogP contribution in [0.5, 0.6) is 0 Å². The minimum Gasteiger partial charge on any atom is -0.378 e. The van der Waals surface area contributed by atoms with Gasteiger partial charge in [0.1, 0.15) is 0 Å². The van der Waals surface area contributed by atoms with E-state index in [1.807, 2.05) is 13.1 Å². The second kappa shape index (κ2) is 6.71. The lowest BCUT2D eigenvalue weighted by Gasteiger charge is -2.30. The average molecular weight is 249 g/mol. The lowest BCUT2D eigenvalue weighted by molar-refractivity contribution is 0.122. The molecule has 0 aromatic carbocycles. The molecule has 18 heavy (non-hydrogen) atoms. The zero-order valence-electron chi connectivity index (χ0n) is 11.4. The van der Waals surface area contributed by atoms with Crippen LogP contribution >= 0.6 is 0 Å². The lowest BCUT2D eigenvalue weighted by atomic mass is 10.1. The van der Waals surface area contributed by atoms with Gasteiger partial charge in [0.15, 0.2) is 0 Å². The first-order chi connectivity index (χ1) is 8.81. The molecule has 0 aliphatic carbocycles. The molecule has 2 heterocycles. The fourth-order valence-electron chi connectivity index (χ4n) is 2.21. The lowest BCUT2D eigenvalue weighted by Crippen LogP contribution is -2.37. The minimum atomic E-state index is 0.823. The fourth-order valence-corrected chi connectivity index (χ4v) is 2.21. The molecule has 0 unspecified atom stereocenters. The van der Waals surface area contributed by atoms with Crippen molar-refractivity contribution < 1.29 is 4.74 Å². The second-order valence-corrected chi connectivity index (χ2v) is 4.73. The SMILES string of the molecule is CCCNCc1cnc(C)cc1N1CCOCC1. The van der Waals surface area contributed by atoms with Gasteiger partial charge in [0, 0.05) is 42.8 Å². The van der Waals surface area contributed by atoms with Crippen molar-refractivity contribution in [3.8, 4) is 0 Å². The zero-order valence-corrected chi connectivity index (χ0v) is 11.4. The highest BCUT2D eigenvalue weighted by Crippen LogP contribution is 2.21. The summed E-state index contributed by atoms with van der Waals surface area (Å²) in [6, 6.07) is 2.19. The van der Waals surface area contributed by atoms with Crippen molar-refractivity contribution in [2.75, 3.05) is 37.7 Å². The molecule has 1 saturated heterocycles. The van der Waals surface area contributed by atoms with E-state index in [0.29, 0.717) is 0 Å². The predicted octanol–water partition coefficient (Wildman–Crippen LogP) is 1.73. The quantitative estimate of drug-likeness (QED) is 0.806. The summed E-state index contributed by atoms with van der Waals surface area (Å²) in [5.74, 6) is 0. The summed E-state index contributed by atoms with van der Waals surface area (Å²) in [5, 5.41) is 3.45. The number of rotatable bonds is 5. The molecule has 1 aliphatic heterocycles. The summed E-state index contributed by atoms with van der Waals surface area (Å²) in [6.45, 7) is 9.78. The number of pyridine rings is 1. The molecule has 0 bridgehead atoms. The number of hydrogen-bond acceptors (Lipinski definition) is 4. The number of aryl methyl sites for hydroxylation is 1. The number of nitrogens with zero attached hydrogens (tertiary/aromatic N) is 2. The number of anilines is 1. The van der Waals surface area contributed by atoms with E-state index >= 15 is 0 Å². The Kier molecular flexibility index (Phi) is 4.96. The Morgan fingerprint density at radius 1 is 1.39 bits per heavy atom. The topological polar surface area (TPSA) is 37.4 Å². The summed E-state index contributed by atoms with van der Waals surface area (Å²) in [4.78, 5) is 6.82. The van der Waals surface area contributed by atoms with Crippen molar-refractivity contribution in [2.24, 2.45) is 0 Å². The Hall–Kier alpha value is -1.13. The maximum atomic E-state index is 5.42. The monoisotopic (exact) mass is 249 g/mol. The molecule has 1 aromatic rings. The van der Waals surface area contributed by atoms with Gasteiger partial charge < -0.3 is 15.0 Å². The van der Waals surface area contributed by atoms with E-state index in [1.165, 1.54) is 11.3 Å². The first kappa shape index (κ1) is 13.3. The van der Waals surface area contributed by atoms with Gasteiger partial charge in [0.2, 0.25) is 0 Å². The molecule has 0 saturated carbocycles. The molecule has 0 amide bonds. The van der Waals surface area contributed by atoms with Gasteiger partial charge in [-0.2, -0.15) is 0 Å². The molecule has 1 aliphatic rings. The fraction of sp³-hybridized carbons (Fsp3) is 0.643. The van der Waals surface area contributed by atoms with Crippen LogP contribution in [-0.4, -0.2) is 37.8 Å². The molecule has 1 fully saturated rings. The average Bonchev–Trinajstić information content (AvgIpc) is 2.41. The smallest absolute Gasteiger partial charge is 0.0642 e. The molecule has 0 spiro atoms. The van der Waals surface area contributed by atoms with Crippen LogP contribution in [0, 0.1) is 6.92 Å². The summed E-state index contributed by atoms with van der Waals surface area (Å²) in [6.07, 6.45) is 3.16.